The average molecular weight is 491 g/mol. The lowest BCUT2D eigenvalue weighted by atomic mass is 9.95. The van der Waals surface area contributed by atoms with Gasteiger partial charge in [0.1, 0.15) is 12.4 Å². The molecule has 0 heterocycles. The summed E-state index contributed by atoms with van der Waals surface area (Å²) >= 11 is 6.84. The minimum atomic E-state index is -0.0793. The van der Waals surface area contributed by atoms with Gasteiger partial charge in [0.15, 0.2) is 23.0 Å². The van der Waals surface area contributed by atoms with Gasteiger partial charge in [0.2, 0.25) is 0 Å². The Morgan fingerprint density at radius 1 is 0.714 bits per heavy atom. The number of aromatic hydroxyl groups is 1. The standard InChI is InChI=1S/C29H27ClO5/c1-18-10-12-20(13-11-18)24-26(30)28(33-3)25(27(31)29(24)34-4)21-14-15-22(23(16-21)32-2)35-17-19-8-6-5-7-9-19/h5-16,31H,17H2,1-4H3. The third-order valence-electron chi connectivity index (χ3n) is 5.76. The molecule has 6 heteroatoms. The van der Waals surface area contributed by atoms with Crippen LogP contribution in [0.2, 0.25) is 5.02 Å². The van der Waals surface area contributed by atoms with Crippen molar-refractivity contribution in [3.8, 4) is 51.0 Å². The van der Waals surface area contributed by atoms with Crippen LogP contribution in [0.1, 0.15) is 11.1 Å². The van der Waals surface area contributed by atoms with Crippen molar-refractivity contribution in [3.63, 3.8) is 0 Å². The predicted octanol–water partition coefficient (Wildman–Crippen LogP) is 7.29. The Balaban J connectivity index is 1.80. The van der Waals surface area contributed by atoms with E-state index in [1.165, 1.54) is 14.2 Å². The largest absolute Gasteiger partial charge is 0.504 e. The summed E-state index contributed by atoms with van der Waals surface area (Å²) in [4.78, 5) is 0. The number of hydrogen-bond donors (Lipinski definition) is 1. The van der Waals surface area contributed by atoms with Crippen molar-refractivity contribution in [2.75, 3.05) is 21.3 Å². The van der Waals surface area contributed by atoms with Crippen molar-refractivity contribution in [2.45, 2.75) is 13.5 Å². The molecule has 5 nitrogen and oxygen atoms in total. The van der Waals surface area contributed by atoms with Gasteiger partial charge in [-0.1, -0.05) is 77.8 Å². The van der Waals surface area contributed by atoms with Crippen molar-refractivity contribution in [1.29, 1.82) is 0 Å². The molecule has 4 aromatic carbocycles. The molecule has 0 fully saturated rings. The molecule has 0 saturated carbocycles. The third-order valence-corrected chi connectivity index (χ3v) is 6.12. The lowest BCUT2D eigenvalue weighted by Crippen LogP contribution is -1.99. The number of rotatable bonds is 8. The Kier molecular flexibility index (Phi) is 7.37. The van der Waals surface area contributed by atoms with Crippen molar-refractivity contribution >= 4 is 11.6 Å². The van der Waals surface area contributed by atoms with Crippen LogP contribution in [-0.2, 0) is 6.61 Å². The highest BCUT2D eigenvalue weighted by molar-refractivity contribution is 6.36. The third kappa shape index (κ3) is 4.86. The van der Waals surface area contributed by atoms with Crippen LogP contribution in [0.15, 0.2) is 72.8 Å². The molecule has 180 valence electrons. The van der Waals surface area contributed by atoms with Crippen LogP contribution < -0.4 is 18.9 Å². The molecule has 0 atom stereocenters. The molecule has 0 aromatic heterocycles. The Labute approximate surface area is 210 Å². The number of benzene rings is 4. The molecule has 0 aliphatic rings. The maximum Gasteiger partial charge on any atom is 0.170 e. The maximum atomic E-state index is 11.3. The minimum absolute atomic E-state index is 0.0793. The van der Waals surface area contributed by atoms with Gasteiger partial charge < -0.3 is 24.1 Å². The number of aryl methyl sites for hydroxylation is 1. The molecule has 0 aliphatic heterocycles. The van der Waals surface area contributed by atoms with E-state index in [0.29, 0.717) is 45.6 Å². The normalized spacial score (nSPS) is 10.7. The van der Waals surface area contributed by atoms with E-state index in [-0.39, 0.29) is 11.5 Å². The van der Waals surface area contributed by atoms with Gasteiger partial charge in [-0.25, -0.2) is 0 Å². The summed E-state index contributed by atoms with van der Waals surface area (Å²) in [5.41, 5.74) is 4.55. The second-order valence-corrected chi connectivity index (χ2v) is 8.36. The maximum absolute atomic E-state index is 11.3. The van der Waals surface area contributed by atoms with Gasteiger partial charge in [0, 0.05) is 0 Å². The first-order valence-corrected chi connectivity index (χ1v) is 11.4. The van der Waals surface area contributed by atoms with Crippen LogP contribution >= 0.6 is 11.6 Å². The van der Waals surface area contributed by atoms with Gasteiger partial charge in [-0.05, 0) is 35.7 Å². The number of methoxy groups -OCH3 is 3. The van der Waals surface area contributed by atoms with Gasteiger partial charge in [0.25, 0.3) is 0 Å². The van der Waals surface area contributed by atoms with E-state index >= 15 is 0 Å². The van der Waals surface area contributed by atoms with E-state index in [0.717, 1.165) is 16.7 Å². The second kappa shape index (κ2) is 10.6. The molecule has 4 rings (SSSR count). The number of hydrogen-bond acceptors (Lipinski definition) is 5. The zero-order chi connectivity index (χ0) is 24.9. The van der Waals surface area contributed by atoms with E-state index in [9.17, 15) is 5.11 Å². The SMILES string of the molecule is COc1cc(-c2c(O)c(OC)c(-c3ccc(C)cc3)c(Cl)c2OC)ccc1OCc1ccccc1. The lowest BCUT2D eigenvalue weighted by Gasteiger charge is -2.21. The summed E-state index contributed by atoms with van der Waals surface area (Å²) < 4.78 is 22.9. The molecular formula is C29H27ClO5. The molecule has 1 N–H and O–H groups in total. The van der Waals surface area contributed by atoms with E-state index < -0.39 is 0 Å². The Hall–Kier alpha value is -3.83. The number of ether oxygens (including phenoxy) is 4. The molecule has 0 saturated heterocycles. The molecule has 0 radical (unpaired) electrons. The van der Waals surface area contributed by atoms with Crippen LogP contribution in [0.3, 0.4) is 0 Å². The summed E-state index contributed by atoms with van der Waals surface area (Å²) in [7, 11) is 4.59. The highest BCUT2D eigenvalue weighted by Crippen LogP contribution is 2.55. The van der Waals surface area contributed by atoms with Crippen LogP contribution in [0, 0.1) is 6.92 Å². The molecular weight excluding hydrogens is 464 g/mol. The van der Waals surface area contributed by atoms with Gasteiger partial charge >= 0.3 is 0 Å². The fourth-order valence-electron chi connectivity index (χ4n) is 3.98. The first-order valence-electron chi connectivity index (χ1n) is 11.1. The zero-order valence-electron chi connectivity index (χ0n) is 20.1. The van der Waals surface area contributed by atoms with Crippen LogP contribution in [0.25, 0.3) is 22.3 Å². The number of halogens is 1. The van der Waals surface area contributed by atoms with Crippen molar-refractivity contribution in [2.24, 2.45) is 0 Å². The highest BCUT2D eigenvalue weighted by atomic mass is 35.5. The monoisotopic (exact) mass is 490 g/mol. The first kappa shape index (κ1) is 24.3. The smallest absolute Gasteiger partial charge is 0.170 e. The quantitative estimate of drug-likeness (QED) is 0.281. The summed E-state index contributed by atoms with van der Waals surface area (Å²) in [5, 5.41) is 11.7. The van der Waals surface area contributed by atoms with Crippen LogP contribution in [0.4, 0.5) is 0 Å². The van der Waals surface area contributed by atoms with E-state index in [1.54, 1.807) is 19.2 Å². The minimum Gasteiger partial charge on any atom is -0.504 e. The summed E-state index contributed by atoms with van der Waals surface area (Å²) in [5.74, 6) is 1.60. The fraction of sp³-hybridized carbons (Fsp3) is 0.172. The van der Waals surface area contributed by atoms with E-state index in [4.69, 9.17) is 30.5 Å². The van der Waals surface area contributed by atoms with Crippen molar-refractivity contribution in [1.82, 2.24) is 0 Å². The average Bonchev–Trinajstić information content (AvgIpc) is 2.89. The number of phenols is 1. The van der Waals surface area contributed by atoms with Crippen molar-refractivity contribution < 1.29 is 24.1 Å². The summed E-state index contributed by atoms with van der Waals surface area (Å²) in [6.45, 7) is 2.40. The highest BCUT2D eigenvalue weighted by Gasteiger charge is 2.27. The summed E-state index contributed by atoms with van der Waals surface area (Å²) in [6, 6.07) is 23.1. The first-order chi connectivity index (χ1) is 17.0. The Bertz CT molecular complexity index is 1320. The van der Waals surface area contributed by atoms with E-state index in [2.05, 4.69) is 0 Å². The van der Waals surface area contributed by atoms with Crippen molar-refractivity contribution in [3.05, 3.63) is 88.9 Å². The summed E-state index contributed by atoms with van der Waals surface area (Å²) in [6.07, 6.45) is 0. The van der Waals surface area contributed by atoms with Gasteiger partial charge in [-0.2, -0.15) is 0 Å². The Morgan fingerprint density at radius 2 is 1.37 bits per heavy atom. The van der Waals surface area contributed by atoms with Crippen LogP contribution in [0.5, 0.6) is 28.7 Å². The van der Waals surface area contributed by atoms with Gasteiger partial charge in [-0.3, -0.25) is 0 Å². The lowest BCUT2D eigenvalue weighted by molar-refractivity contribution is 0.284. The topological polar surface area (TPSA) is 57.2 Å². The van der Waals surface area contributed by atoms with Gasteiger partial charge in [0.05, 0.1) is 37.5 Å². The Morgan fingerprint density at radius 3 is 2.00 bits per heavy atom. The molecule has 0 aliphatic carbocycles. The van der Waals surface area contributed by atoms with Gasteiger partial charge in [-0.15, -0.1) is 0 Å². The molecule has 0 unspecified atom stereocenters. The second-order valence-electron chi connectivity index (χ2n) is 7.99. The molecule has 4 aromatic rings. The zero-order valence-corrected chi connectivity index (χ0v) is 20.8. The fourth-order valence-corrected chi connectivity index (χ4v) is 4.34. The molecule has 0 spiro atoms. The predicted molar refractivity (Wildman–Crippen MR) is 139 cm³/mol. The molecule has 0 bridgehead atoms. The molecule has 0 amide bonds. The van der Waals surface area contributed by atoms with E-state index in [1.807, 2.05) is 67.6 Å². The van der Waals surface area contributed by atoms with Crippen LogP contribution in [-0.4, -0.2) is 26.4 Å². The molecule has 35 heavy (non-hydrogen) atoms. The number of phenolic OH excluding ortho intramolecular Hbond substituents is 1.